The van der Waals surface area contributed by atoms with E-state index in [4.69, 9.17) is 5.73 Å². The number of anilines is 1. The van der Waals surface area contributed by atoms with Crippen molar-refractivity contribution in [2.75, 3.05) is 18.1 Å². The smallest absolute Gasteiger partial charge is 0.237 e. The minimum absolute atomic E-state index is 0.133. The lowest BCUT2D eigenvalue weighted by Gasteiger charge is -2.27. The van der Waals surface area contributed by atoms with Gasteiger partial charge in [-0.15, -0.1) is 11.8 Å². The van der Waals surface area contributed by atoms with Crippen molar-refractivity contribution in [3.8, 4) is 0 Å². The molecule has 0 bridgehead atoms. The van der Waals surface area contributed by atoms with Crippen LogP contribution in [0.1, 0.15) is 11.1 Å². The van der Waals surface area contributed by atoms with E-state index in [0.29, 0.717) is 0 Å². The molecule has 0 fully saturated rings. The van der Waals surface area contributed by atoms with Gasteiger partial charge in [0.2, 0.25) is 5.91 Å². The molecule has 29 heavy (non-hydrogen) atoms. The normalized spacial score (nSPS) is 15.2. The zero-order valence-electron chi connectivity index (χ0n) is 16.3. The van der Waals surface area contributed by atoms with Crippen molar-refractivity contribution in [1.82, 2.24) is 15.1 Å². The summed E-state index contributed by atoms with van der Waals surface area (Å²) in [6, 6.07) is 16.6. The number of hydrogen-bond donors (Lipinski definition) is 3. The third-order valence-electron chi connectivity index (χ3n) is 4.80. The number of nitrogens with zero attached hydrogens (tertiary/aromatic N) is 2. The van der Waals surface area contributed by atoms with Crippen LogP contribution >= 0.6 is 11.8 Å². The van der Waals surface area contributed by atoms with Gasteiger partial charge in [0.25, 0.3) is 0 Å². The zero-order chi connectivity index (χ0) is 20.4. The highest BCUT2D eigenvalue weighted by Gasteiger charge is 2.29. The van der Waals surface area contributed by atoms with E-state index in [2.05, 4.69) is 60.2 Å². The Balaban J connectivity index is 1.73. The van der Waals surface area contributed by atoms with E-state index >= 15 is 0 Å². The lowest BCUT2D eigenvalue weighted by molar-refractivity contribution is -0.118. The van der Waals surface area contributed by atoms with Crippen LogP contribution < -0.4 is 16.4 Å². The molecule has 6 nitrogen and oxygen atoms in total. The molecule has 2 heterocycles. The predicted octanol–water partition coefficient (Wildman–Crippen LogP) is 3.43. The van der Waals surface area contributed by atoms with Gasteiger partial charge in [-0.2, -0.15) is 0 Å². The van der Waals surface area contributed by atoms with Crippen LogP contribution in [-0.4, -0.2) is 28.5 Å². The number of primary amides is 1. The van der Waals surface area contributed by atoms with Crippen LogP contribution in [0.15, 0.2) is 83.7 Å². The van der Waals surface area contributed by atoms with E-state index in [1.54, 1.807) is 16.7 Å². The van der Waals surface area contributed by atoms with Gasteiger partial charge in [-0.25, -0.2) is 0 Å². The lowest BCUT2D eigenvalue weighted by Crippen LogP contribution is -2.32. The summed E-state index contributed by atoms with van der Waals surface area (Å²) in [5, 5.41) is 7.07. The zero-order valence-corrected chi connectivity index (χ0v) is 17.2. The number of fused-ring (bicyclic) bond motifs is 1. The second-order valence-electron chi connectivity index (χ2n) is 6.84. The number of carbonyl (C=O) groups is 1. The monoisotopic (exact) mass is 405 g/mol. The van der Waals surface area contributed by atoms with Crippen LogP contribution in [0.25, 0.3) is 5.70 Å². The molecule has 4 rings (SSSR count). The highest BCUT2D eigenvalue weighted by Crippen LogP contribution is 2.34. The molecule has 2 aliphatic rings. The number of nitrogens with two attached hydrogens (primary N) is 1. The Kier molecular flexibility index (Phi) is 5.22. The van der Waals surface area contributed by atoms with Gasteiger partial charge < -0.3 is 21.3 Å². The highest BCUT2D eigenvalue weighted by atomic mass is 32.2. The maximum absolute atomic E-state index is 11.3. The molecule has 1 amide bonds. The van der Waals surface area contributed by atoms with Gasteiger partial charge in [0.15, 0.2) is 0 Å². The van der Waals surface area contributed by atoms with E-state index in [0.717, 1.165) is 34.2 Å². The largest absolute Gasteiger partial charge is 0.368 e. The molecule has 0 spiro atoms. The van der Waals surface area contributed by atoms with Gasteiger partial charge in [0, 0.05) is 34.7 Å². The summed E-state index contributed by atoms with van der Waals surface area (Å²) < 4.78 is 0. The molecule has 7 heteroatoms. The summed E-state index contributed by atoms with van der Waals surface area (Å²) in [6.07, 6.45) is 7.72. The lowest BCUT2D eigenvalue weighted by atomic mass is 10.1. The van der Waals surface area contributed by atoms with E-state index in [1.807, 2.05) is 35.6 Å². The number of carbonyl (C=O) groups excluding carboxylic acids is 1. The van der Waals surface area contributed by atoms with Crippen molar-refractivity contribution >= 4 is 29.1 Å². The fourth-order valence-electron chi connectivity index (χ4n) is 3.30. The summed E-state index contributed by atoms with van der Waals surface area (Å²) in [7, 11) is 0. The molecule has 0 atom stereocenters. The Labute approximate surface area is 174 Å². The standard InChI is InChI=1S/C22H23N5OS/c1-15-5-3-4-6-18(15)24-22-21(16-7-9-17(29-2)10-8-16)25-20-14-26(13-19(23)28)11-12-27(20)22/h3-12,14,24-25H,13H2,1-2H3,(H2,23,28). The van der Waals surface area contributed by atoms with Crippen molar-refractivity contribution in [3.63, 3.8) is 0 Å². The van der Waals surface area contributed by atoms with Gasteiger partial charge in [-0.3, -0.25) is 9.69 Å². The number of para-hydroxylation sites is 1. The third-order valence-corrected chi connectivity index (χ3v) is 5.54. The van der Waals surface area contributed by atoms with E-state index in [1.165, 1.54) is 4.90 Å². The highest BCUT2D eigenvalue weighted by molar-refractivity contribution is 7.98. The summed E-state index contributed by atoms with van der Waals surface area (Å²) in [5.74, 6) is 1.41. The molecule has 0 unspecified atom stereocenters. The molecule has 0 saturated carbocycles. The van der Waals surface area contributed by atoms with Crippen LogP contribution in [0.3, 0.4) is 0 Å². The molecule has 0 aliphatic carbocycles. The predicted molar refractivity (Wildman–Crippen MR) is 118 cm³/mol. The second kappa shape index (κ2) is 7.97. The molecule has 2 aromatic carbocycles. The van der Waals surface area contributed by atoms with Crippen molar-refractivity contribution < 1.29 is 4.79 Å². The Morgan fingerprint density at radius 1 is 1.14 bits per heavy atom. The van der Waals surface area contributed by atoms with Crippen LogP contribution in [0.2, 0.25) is 0 Å². The number of aryl methyl sites for hydroxylation is 1. The minimum atomic E-state index is -0.378. The maximum Gasteiger partial charge on any atom is 0.237 e. The van der Waals surface area contributed by atoms with Crippen LogP contribution in [0.5, 0.6) is 0 Å². The fourth-order valence-corrected chi connectivity index (χ4v) is 3.71. The first-order valence-electron chi connectivity index (χ1n) is 9.27. The van der Waals surface area contributed by atoms with Gasteiger partial charge in [-0.1, -0.05) is 30.3 Å². The maximum atomic E-state index is 11.3. The minimum Gasteiger partial charge on any atom is -0.368 e. The van der Waals surface area contributed by atoms with Gasteiger partial charge in [0.05, 0.1) is 5.70 Å². The molecule has 2 aromatic rings. The molecular weight excluding hydrogens is 382 g/mol. The number of nitrogens with one attached hydrogen (secondary N) is 2. The molecule has 4 N–H and O–H groups in total. The summed E-state index contributed by atoms with van der Waals surface area (Å²) in [6.45, 7) is 2.21. The van der Waals surface area contributed by atoms with Crippen molar-refractivity contribution in [2.24, 2.45) is 5.73 Å². The average molecular weight is 406 g/mol. The molecule has 0 aromatic heterocycles. The Morgan fingerprint density at radius 3 is 2.59 bits per heavy atom. The SMILES string of the molecule is CSc1ccc(C2=C(Nc3ccccc3C)N3C=CN(CC(N)=O)C=C3N2)cc1. The molecular formula is C22H23N5OS. The topological polar surface area (TPSA) is 73.6 Å². The fraction of sp³-hybridized carbons (Fsp3) is 0.136. The number of benzene rings is 2. The van der Waals surface area contributed by atoms with Gasteiger partial charge in [0.1, 0.15) is 18.2 Å². The van der Waals surface area contributed by atoms with Crippen LogP contribution in [-0.2, 0) is 4.79 Å². The van der Waals surface area contributed by atoms with Crippen LogP contribution in [0.4, 0.5) is 5.69 Å². The number of hydrogen-bond acceptors (Lipinski definition) is 6. The molecule has 2 aliphatic heterocycles. The van der Waals surface area contributed by atoms with Gasteiger partial charge >= 0.3 is 0 Å². The van der Waals surface area contributed by atoms with E-state index < -0.39 is 0 Å². The van der Waals surface area contributed by atoms with Crippen molar-refractivity contribution in [1.29, 1.82) is 0 Å². The molecule has 0 saturated heterocycles. The first kappa shape index (κ1) is 19.0. The first-order valence-corrected chi connectivity index (χ1v) is 10.5. The average Bonchev–Trinajstić information content (AvgIpc) is 3.07. The third kappa shape index (κ3) is 3.95. The Bertz CT molecular complexity index is 1030. The van der Waals surface area contributed by atoms with Crippen molar-refractivity contribution in [3.05, 3.63) is 89.9 Å². The molecule has 0 radical (unpaired) electrons. The van der Waals surface area contributed by atoms with Crippen molar-refractivity contribution in [2.45, 2.75) is 11.8 Å². The Hall–Kier alpha value is -3.32. The number of thioether (sulfide) groups is 1. The summed E-state index contributed by atoms with van der Waals surface area (Å²) in [4.78, 5) is 16.3. The van der Waals surface area contributed by atoms with Gasteiger partial charge in [-0.05, 0) is 36.9 Å². The quantitative estimate of drug-likeness (QED) is 0.640. The number of amides is 1. The Morgan fingerprint density at radius 2 is 1.90 bits per heavy atom. The number of rotatable bonds is 6. The summed E-state index contributed by atoms with van der Waals surface area (Å²) in [5.41, 5.74) is 9.59. The second-order valence-corrected chi connectivity index (χ2v) is 7.72. The van der Waals surface area contributed by atoms with Crippen LogP contribution in [0, 0.1) is 6.92 Å². The first-order chi connectivity index (χ1) is 14.0. The molecule has 148 valence electrons. The van der Waals surface area contributed by atoms with E-state index in [9.17, 15) is 4.79 Å². The summed E-state index contributed by atoms with van der Waals surface area (Å²) >= 11 is 1.72. The van der Waals surface area contributed by atoms with E-state index in [-0.39, 0.29) is 12.5 Å².